The zero-order valence-corrected chi connectivity index (χ0v) is 19.8. The van der Waals surface area contributed by atoms with Crippen LogP contribution in [-0.2, 0) is 4.79 Å². The maximum absolute atomic E-state index is 12.7. The lowest BCUT2D eigenvalue weighted by molar-refractivity contribution is -0.111. The van der Waals surface area contributed by atoms with Gasteiger partial charge in [-0.1, -0.05) is 35.3 Å². The minimum Gasteiger partial charge on any atom is -0.497 e. The van der Waals surface area contributed by atoms with Crippen LogP contribution < -0.4 is 14.8 Å². The molecule has 0 bridgehead atoms. The number of hydrogen-bond donors (Lipinski definition) is 1. The first kappa shape index (κ1) is 22.8. The molecule has 0 aliphatic carbocycles. The Morgan fingerprint density at radius 2 is 1.85 bits per heavy atom. The van der Waals surface area contributed by atoms with Crippen molar-refractivity contribution >= 4 is 51.3 Å². The Kier molecular flexibility index (Phi) is 6.63. The number of methoxy groups -OCH3 is 2. The van der Waals surface area contributed by atoms with Gasteiger partial charge in [-0.2, -0.15) is 0 Å². The van der Waals surface area contributed by atoms with Crippen LogP contribution in [0.2, 0.25) is 10.0 Å². The first-order valence-electron chi connectivity index (χ1n) is 10.1. The number of rotatable bonds is 6. The number of amides is 1. The summed E-state index contributed by atoms with van der Waals surface area (Å²) in [6, 6.07) is 16.4. The fraction of sp³-hybridized carbons (Fsp3) is 0.115. The molecule has 3 aromatic carbocycles. The molecule has 0 saturated heterocycles. The number of benzene rings is 3. The van der Waals surface area contributed by atoms with Crippen LogP contribution in [0.3, 0.4) is 0 Å². The van der Waals surface area contributed by atoms with Gasteiger partial charge in [0, 0.05) is 33.7 Å². The fourth-order valence-electron chi connectivity index (χ4n) is 3.58. The van der Waals surface area contributed by atoms with Gasteiger partial charge in [-0.15, -0.1) is 0 Å². The van der Waals surface area contributed by atoms with Gasteiger partial charge in [0.1, 0.15) is 17.1 Å². The first-order chi connectivity index (χ1) is 15.9. The molecule has 0 spiro atoms. The maximum Gasteiger partial charge on any atom is 0.248 e. The van der Waals surface area contributed by atoms with E-state index in [0.717, 1.165) is 27.8 Å². The van der Waals surface area contributed by atoms with Gasteiger partial charge in [0.05, 0.1) is 31.2 Å². The maximum atomic E-state index is 12.7. The van der Waals surface area contributed by atoms with E-state index in [-0.39, 0.29) is 5.91 Å². The van der Waals surface area contributed by atoms with E-state index in [9.17, 15) is 4.79 Å². The summed E-state index contributed by atoms with van der Waals surface area (Å²) in [5, 5.41) is 4.54. The molecule has 33 heavy (non-hydrogen) atoms. The monoisotopic (exact) mass is 481 g/mol. The molecule has 0 radical (unpaired) electrons. The molecule has 0 unspecified atom stereocenters. The summed E-state index contributed by atoms with van der Waals surface area (Å²) in [5.74, 6) is 1.01. The van der Waals surface area contributed by atoms with Crippen molar-refractivity contribution in [1.82, 2.24) is 0 Å². The van der Waals surface area contributed by atoms with E-state index in [1.807, 2.05) is 43.3 Å². The van der Waals surface area contributed by atoms with Crippen LogP contribution in [0.1, 0.15) is 12.5 Å². The van der Waals surface area contributed by atoms with Crippen molar-refractivity contribution < 1.29 is 18.7 Å². The summed E-state index contributed by atoms with van der Waals surface area (Å²) >= 11 is 12.2. The van der Waals surface area contributed by atoms with Crippen LogP contribution in [0.4, 0.5) is 5.69 Å². The average molecular weight is 482 g/mol. The lowest BCUT2D eigenvalue weighted by Crippen LogP contribution is -2.09. The third kappa shape index (κ3) is 4.85. The summed E-state index contributed by atoms with van der Waals surface area (Å²) in [6.07, 6.45) is 3.20. The van der Waals surface area contributed by atoms with Gasteiger partial charge in [0.25, 0.3) is 0 Å². The number of carbonyl (C=O) groups excluding carboxylic acids is 1. The molecular formula is C26H21Cl2NO4. The summed E-state index contributed by atoms with van der Waals surface area (Å²) in [4.78, 5) is 12.7. The van der Waals surface area contributed by atoms with Crippen LogP contribution >= 0.6 is 23.2 Å². The van der Waals surface area contributed by atoms with Crippen LogP contribution in [0.15, 0.2) is 71.4 Å². The molecule has 0 aliphatic heterocycles. The molecule has 4 aromatic rings. The lowest BCUT2D eigenvalue weighted by Gasteiger charge is -2.11. The Morgan fingerprint density at radius 3 is 2.61 bits per heavy atom. The molecule has 1 aromatic heterocycles. The molecule has 4 rings (SSSR count). The highest BCUT2D eigenvalue weighted by molar-refractivity contribution is 6.35. The highest BCUT2D eigenvalue weighted by Gasteiger charge is 2.15. The van der Waals surface area contributed by atoms with E-state index in [4.69, 9.17) is 37.1 Å². The summed E-state index contributed by atoms with van der Waals surface area (Å²) in [7, 11) is 3.21. The van der Waals surface area contributed by atoms with Crippen molar-refractivity contribution in [2.75, 3.05) is 19.5 Å². The van der Waals surface area contributed by atoms with Gasteiger partial charge in [-0.3, -0.25) is 4.79 Å². The number of hydrogen-bond acceptors (Lipinski definition) is 4. The molecule has 0 atom stereocenters. The number of fused-ring (bicyclic) bond motifs is 1. The van der Waals surface area contributed by atoms with Gasteiger partial charge >= 0.3 is 0 Å². The number of anilines is 1. The summed E-state index contributed by atoms with van der Waals surface area (Å²) in [5.41, 5.74) is 4.46. The Morgan fingerprint density at radius 1 is 1.03 bits per heavy atom. The zero-order valence-electron chi connectivity index (χ0n) is 18.2. The molecule has 0 saturated carbocycles. The number of ether oxygens (including phenoxy) is 2. The van der Waals surface area contributed by atoms with Crippen LogP contribution in [-0.4, -0.2) is 20.1 Å². The highest BCUT2D eigenvalue weighted by Crippen LogP contribution is 2.38. The molecular weight excluding hydrogens is 461 g/mol. The molecule has 168 valence electrons. The second kappa shape index (κ2) is 9.61. The first-order valence-corrected chi connectivity index (χ1v) is 10.8. The minimum absolute atomic E-state index is 0.334. The Labute approximate surface area is 201 Å². The van der Waals surface area contributed by atoms with E-state index in [1.54, 1.807) is 38.7 Å². The number of nitrogens with one attached hydrogen (secondary N) is 1. The van der Waals surface area contributed by atoms with Crippen molar-refractivity contribution in [1.29, 1.82) is 0 Å². The molecule has 7 heteroatoms. The van der Waals surface area contributed by atoms with Crippen molar-refractivity contribution in [2.45, 2.75) is 6.92 Å². The predicted molar refractivity (Wildman–Crippen MR) is 133 cm³/mol. The number of carbonyl (C=O) groups is 1. The average Bonchev–Trinajstić information content (AvgIpc) is 3.23. The standard InChI is InChI=1S/C26H21Cl2NO4/c1-15(9-26(30)29-23-11-17(27)7-8-22(23)28)19-12-20-21(14-33-25(20)13-24(19)32-3)16-5-4-6-18(10-16)31-2/h4-14H,1-3H3,(H,29,30)/b15-9+. The van der Waals surface area contributed by atoms with Crippen molar-refractivity contribution in [3.8, 4) is 22.6 Å². The zero-order chi connectivity index (χ0) is 23.5. The summed E-state index contributed by atoms with van der Waals surface area (Å²) < 4.78 is 16.7. The van der Waals surface area contributed by atoms with E-state index in [1.165, 1.54) is 6.08 Å². The Balaban J connectivity index is 1.72. The third-order valence-electron chi connectivity index (χ3n) is 5.24. The van der Waals surface area contributed by atoms with E-state index in [0.29, 0.717) is 32.6 Å². The Bertz CT molecular complexity index is 1370. The van der Waals surface area contributed by atoms with Crippen molar-refractivity contribution in [3.05, 3.63) is 82.5 Å². The van der Waals surface area contributed by atoms with Crippen molar-refractivity contribution in [3.63, 3.8) is 0 Å². The second-order valence-corrected chi connectivity index (χ2v) is 8.21. The van der Waals surface area contributed by atoms with E-state index >= 15 is 0 Å². The SMILES string of the molecule is COc1cccc(-c2coc3cc(OC)c(/C(C)=C/C(=O)Nc4cc(Cl)ccc4Cl)cc23)c1. The molecule has 0 fully saturated rings. The van der Waals surface area contributed by atoms with Crippen LogP contribution in [0.25, 0.3) is 27.7 Å². The van der Waals surface area contributed by atoms with Crippen LogP contribution in [0.5, 0.6) is 11.5 Å². The largest absolute Gasteiger partial charge is 0.497 e. The lowest BCUT2D eigenvalue weighted by atomic mass is 9.99. The van der Waals surface area contributed by atoms with Gasteiger partial charge in [-0.25, -0.2) is 0 Å². The van der Waals surface area contributed by atoms with Crippen molar-refractivity contribution in [2.24, 2.45) is 0 Å². The van der Waals surface area contributed by atoms with Gasteiger partial charge < -0.3 is 19.2 Å². The third-order valence-corrected chi connectivity index (χ3v) is 5.80. The number of allylic oxidation sites excluding steroid dienone is 1. The topological polar surface area (TPSA) is 60.7 Å². The van der Waals surface area contributed by atoms with Crippen LogP contribution in [0, 0.1) is 0 Å². The van der Waals surface area contributed by atoms with Gasteiger partial charge in [0.2, 0.25) is 5.91 Å². The summed E-state index contributed by atoms with van der Waals surface area (Å²) in [6.45, 7) is 1.84. The number of halogens is 2. The molecule has 1 heterocycles. The van der Waals surface area contributed by atoms with E-state index < -0.39 is 0 Å². The predicted octanol–water partition coefficient (Wildman–Crippen LogP) is 7.47. The molecule has 1 N–H and O–H groups in total. The van der Waals surface area contributed by atoms with E-state index in [2.05, 4.69) is 5.32 Å². The molecule has 5 nitrogen and oxygen atoms in total. The fourth-order valence-corrected chi connectivity index (χ4v) is 3.92. The molecule has 0 aliphatic rings. The van der Waals surface area contributed by atoms with Gasteiger partial charge in [0.15, 0.2) is 0 Å². The second-order valence-electron chi connectivity index (χ2n) is 7.37. The van der Waals surface area contributed by atoms with Gasteiger partial charge in [-0.05, 0) is 54.5 Å². The highest BCUT2D eigenvalue weighted by atomic mass is 35.5. The minimum atomic E-state index is -0.334. The molecule has 1 amide bonds. The quantitative estimate of drug-likeness (QED) is 0.290. The Hall–Kier alpha value is -3.41. The smallest absolute Gasteiger partial charge is 0.248 e. The number of furan rings is 1. The normalized spacial score (nSPS) is 11.5.